The molecular weight excluding hydrogens is 817 g/mol. The summed E-state index contributed by atoms with van der Waals surface area (Å²) in [4.78, 5) is 38.1. The highest BCUT2D eigenvalue weighted by Crippen LogP contribution is 2.19. The molecule has 1 unspecified atom stereocenters. The summed E-state index contributed by atoms with van der Waals surface area (Å²) < 4.78 is 16.9. The van der Waals surface area contributed by atoms with Crippen molar-refractivity contribution in [2.24, 2.45) is 11.8 Å². The first kappa shape index (κ1) is 64.4. The van der Waals surface area contributed by atoms with E-state index in [4.69, 9.17) is 14.2 Å². The van der Waals surface area contributed by atoms with Gasteiger partial charge in [-0.15, -0.1) is 0 Å². The maximum atomic E-state index is 12.8. The molecular formula is C60H116O6. The lowest BCUT2D eigenvalue weighted by atomic mass is 9.99. The van der Waals surface area contributed by atoms with Crippen LogP contribution in [0.5, 0.6) is 0 Å². The Balaban J connectivity index is 4.21. The van der Waals surface area contributed by atoms with Crippen molar-refractivity contribution in [3.05, 3.63) is 0 Å². The zero-order valence-electron chi connectivity index (χ0n) is 45.3. The fourth-order valence-corrected chi connectivity index (χ4v) is 9.20. The van der Waals surface area contributed by atoms with Crippen LogP contribution in [0.15, 0.2) is 0 Å². The Hall–Kier alpha value is -1.59. The van der Waals surface area contributed by atoms with Gasteiger partial charge in [-0.05, 0) is 31.1 Å². The molecule has 0 aromatic rings. The molecule has 0 radical (unpaired) electrons. The highest BCUT2D eigenvalue weighted by molar-refractivity contribution is 5.71. The summed E-state index contributed by atoms with van der Waals surface area (Å²) in [6.07, 6.45) is 56.6. The van der Waals surface area contributed by atoms with Gasteiger partial charge in [-0.2, -0.15) is 0 Å². The summed E-state index contributed by atoms with van der Waals surface area (Å²) in [5.41, 5.74) is 0. The minimum Gasteiger partial charge on any atom is -0.462 e. The number of carbonyl (C=O) groups is 3. The molecule has 66 heavy (non-hydrogen) atoms. The molecule has 0 heterocycles. The van der Waals surface area contributed by atoms with Crippen LogP contribution in [0.4, 0.5) is 0 Å². The van der Waals surface area contributed by atoms with Crippen LogP contribution in [0.2, 0.25) is 0 Å². The molecule has 6 nitrogen and oxygen atoms in total. The molecule has 0 aliphatic rings. The van der Waals surface area contributed by atoms with Crippen molar-refractivity contribution in [1.82, 2.24) is 0 Å². The zero-order valence-corrected chi connectivity index (χ0v) is 45.3. The predicted molar refractivity (Wildman–Crippen MR) is 284 cm³/mol. The Morgan fingerprint density at radius 2 is 0.576 bits per heavy atom. The van der Waals surface area contributed by atoms with Gasteiger partial charge < -0.3 is 14.2 Å². The molecule has 6 heteroatoms. The fourth-order valence-electron chi connectivity index (χ4n) is 9.20. The SMILES string of the molecule is CCCCCCCCCCCCCC(=O)OC[C@@H](COC(=O)CCCCCCCCCCCCCCCCCCCCC(C)CC)OC(=O)CCCCCCCCCCCCCCC(C)C. The second kappa shape index (κ2) is 52.8. The van der Waals surface area contributed by atoms with Crippen molar-refractivity contribution in [3.8, 4) is 0 Å². The van der Waals surface area contributed by atoms with Crippen molar-refractivity contribution >= 4 is 17.9 Å². The standard InChI is InChI=1S/C60H116O6/c1-6-8-9-10-11-12-23-30-35-40-45-50-58(61)64-53-57(66-60(63)52-47-42-37-32-27-22-21-24-28-33-38-43-48-55(3)4)54-65-59(62)51-46-41-36-31-26-20-18-16-14-13-15-17-19-25-29-34-39-44-49-56(5)7-2/h55-57H,6-54H2,1-5H3/t56?,57-/m0/s1. The quantitative estimate of drug-likeness (QED) is 0.0343. The van der Waals surface area contributed by atoms with Crippen LogP contribution in [0.3, 0.4) is 0 Å². The van der Waals surface area contributed by atoms with E-state index in [1.54, 1.807) is 0 Å². The molecule has 0 spiro atoms. The van der Waals surface area contributed by atoms with Crippen molar-refractivity contribution in [2.45, 2.75) is 343 Å². The van der Waals surface area contributed by atoms with E-state index in [2.05, 4.69) is 34.6 Å². The van der Waals surface area contributed by atoms with Crippen LogP contribution in [0, 0.1) is 11.8 Å². The summed E-state index contributed by atoms with van der Waals surface area (Å²) in [5.74, 6) is 0.903. The van der Waals surface area contributed by atoms with E-state index in [9.17, 15) is 14.4 Å². The van der Waals surface area contributed by atoms with Gasteiger partial charge in [-0.3, -0.25) is 14.4 Å². The number of hydrogen-bond acceptors (Lipinski definition) is 6. The highest BCUT2D eigenvalue weighted by Gasteiger charge is 2.19. The molecule has 0 aliphatic heterocycles. The van der Waals surface area contributed by atoms with Gasteiger partial charge in [-0.1, -0.05) is 298 Å². The van der Waals surface area contributed by atoms with Crippen molar-refractivity contribution in [2.75, 3.05) is 13.2 Å². The third-order valence-electron chi connectivity index (χ3n) is 14.1. The maximum absolute atomic E-state index is 12.8. The van der Waals surface area contributed by atoms with E-state index in [1.807, 2.05) is 0 Å². The van der Waals surface area contributed by atoms with E-state index >= 15 is 0 Å². The molecule has 0 bridgehead atoms. The number of ether oxygens (including phenoxy) is 3. The number of hydrogen-bond donors (Lipinski definition) is 0. The molecule has 0 rings (SSSR count). The monoisotopic (exact) mass is 933 g/mol. The van der Waals surface area contributed by atoms with E-state index in [0.717, 1.165) is 69.6 Å². The average molecular weight is 934 g/mol. The lowest BCUT2D eigenvalue weighted by molar-refractivity contribution is -0.167. The Kier molecular flexibility index (Phi) is 51.5. The van der Waals surface area contributed by atoms with E-state index in [1.165, 1.54) is 225 Å². The summed E-state index contributed by atoms with van der Waals surface area (Å²) in [6.45, 7) is 11.5. The van der Waals surface area contributed by atoms with E-state index in [-0.39, 0.29) is 31.1 Å². The summed E-state index contributed by atoms with van der Waals surface area (Å²) >= 11 is 0. The zero-order chi connectivity index (χ0) is 48.2. The number of rotatable bonds is 54. The van der Waals surface area contributed by atoms with Crippen LogP contribution in [-0.2, 0) is 28.6 Å². The van der Waals surface area contributed by atoms with Gasteiger partial charge in [0, 0.05) is 19.3 Å². The molecule has 2 atom stereocenters. The lowest BCUT2D eigenvalue weighted by Gasteiger charge is -2.18. The second-order valence-electron chi connectivity index (χ2n) is 21.4. The van der Waals surface area contributed by atoms with Gasteiger partial charge in [0.15, 0.2) is 6.10 Å². The highest BCUT2D eigenvalue weighted by atomic mass is 16.6. The molecule has 392 valence electrons. The largest absolute Gasteiger partial charge is 0.462 e. The number of carbonyl (C=O) groups excluding carboxylic acids is 3. The number of esters is 3. The van der Waals surface area contributed by atoms with Crippen molar-refractivity contribution in [1.29, 1.82) is 0 Å². The maximum Gasteiger partial charge on any atom is 0.306 e. The minimum absolute atomic E-state index is 0.0625. The first-order valence-electron chi connectivity index (χ1n) is 29.8. The molecule has 0 N–H and O–H groups in total. The Morgan fingerprint density at radius 3 is 0.864 bits per heavy atom. The first-order chi connectivity index (χ1) is 32.3. The minimum atomic E-state index is -0.762. The van der Waals surface area contributed by atoms with Crippen LogP contribution in [0.25, 0.3) is 0 Å². The van der Waals surface area contributed by atoms with Crippen LogP contribution >= 0.6 is 0 Å². The molecule has 0 saturated carbocycles. The Labute approximate surface area is 412 Å². The van der Waals surface area contributed by atoms with Gasteiger partial charge in [0.2, 0.25) is 0 Å². The molecule has 0 fully saturated rings. The van der Waals surface area contributed by atoms with E-state index < -0.39 is 6.10 Å². The smallest absolute Gasteiger partial charge is 0.306 e. The molecule has 0 aromatic carbocycles. The Morgan fingerprint density at radius 1 is 0.318 bits per heavy atom. The fraction of sp³-hybridized carbons (Fsp3) is 0.950. The molecule has 0 amide bonds. The summed E-state index contributed by atoms with van der Waals surface area (Å²) in [7, 11) is 0. The number of unbranched alkanes of at least 4 members (excludes halogenated alkanes) is 38. The van der Waals surface area contributed by atoms with Gasteiger partial charge in [0.25, 0.3) is 0 Å². The van der Waals surface area contributed by atoms with E-state index in [0.29, 0.717) is 19.3 Å². The van der Waals surface area contributed by atoms with Crippen molar-refractivity contribution in [3.63, 3.8) is 0 Å². The van der Waals surface area contributed by atoms with Gasteiger partial charge in [-0.25, -0.2) is 0 Å². The van der Waals surface area contributed by atoms with Crippen LogP contribution < -0.4 is 0 Å². The van der Waals surface area contributed by atoms with Gasteiger partial charge >= 0.3 is 17.9 Å². The summed E-state index contributed by atoms with van der Waals surface area (Å²) in [5, 5.41) is 0. The van der Waals surface area contributed by atoms with Crippen LogP contribution in [0.1, 0.15) is 336 Å². The normalized spacial score (nSPS) is 12.5. The lowest BCUT2D eigenvalue weighted by Crippen LogP contribution is -2.30. The second-order valence-corrected chi connectivity index (χ2v) is 21.4. The van der Waals surface area contributed by atoms with Crippen LogP contribution in [-0.4, -0.2) is 37.2 Å². The molecule has 0 saturated heterocycles. The van der Waals surface area contributed by atoms with Gasteiger partial charge in [0.05, 0.1) is 0 Å². The summed E-state index contributed by atoms with van der Waals surface area (Å²) in [6, 6.07) is 0. The third-order valence-corrected chi connectivity index (χ3v) is 14.1. The average Bonchev–Trinajstić information content (AvgIpc) is 3.30. The first-order valence-corrected chi connectivity index (χ1v) is 29.8. The Bertz CT molecular complexity index is 1010. The topological polar surface area (TPSA) is 78.9 Å². The molecule has 0 aliphatic carbocycles. The van der Waals surface area contributed by atoms with Crippen molar-refractivity contribution < 1.29 is 28.6 Å². The molecule has 0 aromatic heterocycles. The predicted octanol–water partition coefficient (Wildman–Crippen LogP) is 19.7. The third kappa shape index (κ3) is 51.8. The van der Waals surface area contributed by atoms with Gasteiger partial charge in [0.1, 0.15) is 13.2 Å².